The maximum absolute atomic E-state index is 12.4. The van der Waals surface area contributed by atoms with Crippen LogP contribution in [-0.2, 0) is 33.4 Å². The molecular formula is C49H54N2O4. The number of hydrogen-bond acceptors (Lipinski definition) is 4. The molecule has 0 radical (unpaired) electrons. The summed E-state index contributed by atoms with van der Waals surface area (Å²) in [5.74, 6) is 0.461. The molecule has 1 aromatic heterocycles. The average molecular weight is 735 g/mol. The quantitative estimate of drug-likeness (QED) is 0.100. The molecule has 0 saturated carbocycles. The molecule has 6 heteroatoms. The van der Waals surface area contributed by atoms with E-state index in [4.69, 9.17) is 0 Å². The van der Waals surface area contributed by atoms with Crippen LogP contribution in [0.5, 0.6) is 0 Å². The Balaban J connectivity index is 0.000000244. The van der Waals surface area contributed by atoms with Gasteiger partial charge in [0.25, 0.3) is 5.56 Å². The molecule has 284 valence electrons. The average Bonchev–Trinajstić information content (AvgIpc) is 3.14. The Morgan fingerprint density at radius 1 is 0.618 bits per heavy atom. The molecule has 0 bridgehead atoms. The maximum Gasteiger partial charge on any atom is 0.329 e. The second kappa shape index (κ2) is 18.1. The Morgan fingerprint density at radius 2 is 1.16 bits per heavy atom. The van der Waals surface area contributed by atoms with Gasteiger partial charge in [-0.05, 0) is 96.2 Å². The number of benzene rings is 5. The molecule has 0 saturated heterocycles. The third kappa shape index (κ3) is 11.7. The Labute approximate surface area is 325 Å². The van der Waals surface area contributed by atoms with E-state index in [1.165, 1.54) is 11.1 Å². The molecule has 0 spiro atoms. The summed E-state index contributed by atoms with van der Waals surface area (Å²) in [6.45, 7) is 12.5. The molecule has 0 atom stereocenters. The van der Waals surface area contributed by atoms with E-state index in [2.05, 4.69) is 74.3 Å². The number of carbonyl (C=O) groups excluding carboxylic acids is 2. The van der Waals surface area contributed by atoms with Crippen molar-refractivity contribution in [2.24, 2.45) is 0 Å². The van der Waals surface area contributed by atoms with Gasteiger partial charge in [-0.3, -0.25) is 23.9 Å². The number of nitrogens with zero attached hydrogens (tertiary/aromatic N) is 1. The van der Waals surface area contributed by atoms with Crippen molar-refractivity contribution in [3.05, 3.63) is 164 Å². The highest BCUT2D eigenvalue weighted by atomic mass is 16.2. The number of H-pyrrole nitrogens is 1. The van der Waals surface area contributed by atoms with Crippen molar-refractivity contribution in [3.8, 4) is 0 Å². The summed E-state index contributed by atoms with van der Waals surface area (Å²) in [4.78, 5) is 51.2. The van der Waals surface area contributed by atoms with E-state index in [9.17, 15) is 19.2 Å². The van der Waals surface area contributed by atoms with Crippen LogP contribution in [0, 0.1) is 0 Å². The molecular weight excluding hydrogens is 681 g/mol. The molecule has 5 aromatic carbocycles. The van der Waals surface area contributed by atoms with Crippen molar-refractivity contribution < 1.29 is 9.59 Å². The number of aromatic amines is 1. The Bertz CT molecular complexity index is 2370. The van der Waals surface area contributed by atoms with Gasteiger partial charge >= 0.3 is 5.69 Å². The van der Waals surface area contributed by atoms with Crippen LogP contribution in [0.2, 0.25) is 0 Å². The fourth-order valence-corrected chi connectivity index (χ4v) is 6.68. The number of fused-ring (bicyclic) bond motifs is 2. The van der Waals surface area contributed by atoms with Crippen molar-refractivity contribution in [1.29, 1.82) is 0 Å². The van der Waals surface area contributed by atoms with E-state index >= 15 is 0 Å². The van der Waals surface area contributed by atoms with Crippen LogP contribution in [-0.4, -0.2) is 21.1 Å². The molecule has 1 N–H and O–H groups in total. The van der Waals surface area contributed by atoms with Gasteiger partial charge < -0.3 is 0 Å². The lowest BCUT2D eigenvalue weighted by Crippen LogP contribution is -2.39. The molecule has 0 fully saturated rings. The molecule has 0 aliphatic heterocycles. The summed E-state index contributed by atoms with van der Waals surface area (Å²) in [7, 11) is 0. The van der Waals surface area contributed by atoms with Crippen LogP contribution in [0.15, 0.2) is 125 Å². The van der Waals surface area contributed by atoms with Crippen LogP contribution < -0.4 is 11.2 Å². The van der Waals surface area contributed by atoms with Gasteiger partial charge in [-0.1, -0.05) is 136 Å². The standard InChI is InChI=1S/C33H38O2.C16H16N2O2/c1-33(2,3)30-23-21-27(22-24-30)11-7-12-31(34)13-8-14-32(35)25-29-19-17-28(18-20-29)16-15-26-9-5-4-6-10-26;1-16(2,3)18-13-9-11-7-5-4-6-10(11)8-12(13)14(19)17-15(18)20/h4-6,9-10,15-24H,7-8,11-14,25H2,1-3H3;4-9H,1-3H3,(H,17,19,20)/b16-15+;. The molecule has 0 unspecified atom stereocenters. The minimum Gasteiger partial charge on any atom is -0.300 e. The van der Waals surface area contributed by atoms with Gasteiger partial charge in [0, 0.05) is 31.2 Å². The first-order valence-electron chi connectivity index (χ1n) is 19.3. The molecule has 55 heavy (non-hydrogen) atoms. The third-order valence-electron chi connectivity index (χ3n) is 9.75. The summed E-state index contributed by atoms with van der Waals surface area (Å²) in [5, 5.41) is 2.55. The van der Waals surface area contributed by atoms with Crippen LogP contribution in [0.4, 0.5) is 0 Å². The number of ketones is 2. The van der Waals surface area contributed by atoms with E-state index < -0.39 is 5.54 Å². The smallest absolute Gasteiger partial charge is 0.300 e. The number of aryl methyl sites for hydroxylation is 1. The zero-order chi connectivity index (χ0) is 39.6. The highest BCUT2D eigenvalue weighted by Crippen LogP contribution is 2.24. The molecule has 0 aliphatic rings. The van der Waals surface area contributed by atoms with Gasteiger partial charge in [-0.15, -0.1) is 0 Å². The summed E-state index contributed by atoms with van der Waals surface area (Å²) in [6.07, 6.45) is 8.59. The molecule has 1 heterocycles. The zero-order valence-electron chi connectivity index (χ0n) is 33.2. The van der Waals surface area contributed by atoms with Crippen LogP contribution in [0.1, 0.15) is 101 Å². The molecule has 6 aromatic rings. The summed E-state index contributed by atoms with van der Waals surface area (Å²) in [5.41, 5.74) is 5.64. The largest absolute Gasteiger partial charge is 0.329 e. The van der Waals surface area contributed by atoms with Crippen molar-refractivity contribution in [2.75, 3.05) is 0 Å². The third-order valence-corrected chi connectivity index (χ3v) is 9.75. The SMILES string of the molecule is CC(C)(C)c1ccc(CCCC(=O)CCCC(=O)Cc2ccc(/C=C/c3ccccc3)cc2)cc1.CC(C)(C)n1c(=O)[nH]c(=O)c2cc3ccccc3cc21. The van der Waals surface area contributed by atoms with E-state index in [1.807, 2.05) is 99.6 Å². The number of nitrogens with one attached hydrogen (secondary N) is 1. The topological polar surface area (TPSA) is 89.0 Å². The van der Waals surface area contributed by atoms with Crippen molar-refractivity contribution in [1.82, 2.24) is 9.55 Å². The first-order valence-corrected chi connectivity index (χ1v) is 19.3. The van der Waals surface area contributed by atoms with Crippen LogP contribution in [0.3, 0.4) is 0 Å². The highest BCUT2D eigenvalue weighted by Gasteiger charge is 2.19. The number of Topliss-reactive ketones (excluding diaryl/α,β-unsaturated/α-hetero) is 2. The van der Waals surface area contributed by atoms with E-state index in [1.54, 1.807) is 4.57 Å². The summed E-state index contributed by atoms with van der Waals surface area (Å²) >= 11 is 0. The lowest BCUT2D eigenvalue weighted by Gasteiger charge is -2.24. The summed E-state index contributed by atoms with van der Waals surface area (Å²) in [6, 6.07) is 38.6. The predicted molar refractivity (Wildman–Crippen MR) is 229 cm³/mol. The van der Waals surface area contributed by atoms with E-state index in [-0.39, 0.29) is 28.2 Å². The fraction of sp³-hybridized carbons (Fsp3) is 0.306. The van der Waals surface area contributed by atoms with E-state index in [0.717, 1.165) is 40.3 Å². The highest BCUT2D eigenvalue weighted by molar-refractivity contribution is 5.96. The predicted octanol–water partition coefficient (Wildman–Crippen LogP) is 10.6. The Morgan fingerprint density at radius 3 is 1.78 bits per heavy atom. The lowest BCUT2D eigenvalue weighted by molar-refractivity contribution is -0.120. The minimum atomic E-state index is -0.401. The molecule has 0 amide bonds. The van der Waals surface area contributed by atoms with Crippen LogP contribution in [0.25, 0.3) is 33.8 Å². The van der Waals surface area contributed by atoms with Gasteiger partial charge in [0.2, 0.25) is 0 Å². The van der Waals surface area contributed by atoms with Gasteiger partial charge in [0.1, 0.15) is 11.6 Å². The number of hydrogen-bond donors (Lipinski definition) is 1. The van der Waals surface area contributed by atoms with Gasteiger partial charge in [0.05, 0.1) is 10.9 Å². The Kier molecular flexibility index (Phi) is 13.4. The summed E-state index contributed by atoms with van der Waals surface area (Å²) < 4.78 is 1.64. The first-order chi connectivity index (χ1) is 26.2. The van der Waals surface area contributed by atoms with Crippen molar-refractivity contribution >= 4 is 45.4 Å². The lowest BCUT2D eigenvalue weighted by atomic mass is 9.86. The zero-order valence-corrected chi connectivity index (χ0v) is 33.2. The number of aromatic nitrogens is 2. The fourth-order valence-electron chi connectivity index (χ4n) is 6.68. The molecule has 0 aliphatic carbocycles. The van der Waals surface area contributed by atoms with Gasteiger partial charge in [-0.25, -0.2) is 4.79 Å². The normalized spacial score (nSPS) is 11.8. The molecule has 6 nitrogen and oxygen atoms in total. The van der Waals surface area contributed by atoms with Gasteiger partial charge in [-0.2, -0.15) is 0 Å². The van der Waals surface area contributed by atoms with Crippen LogP contribution >= 0.6 is 0 Å². The number of carbonyl (C=O) groups is 2. The van der Waals surface area contributed by atoms with E-state index in [0.29, 0.717) is 43.0 Å². The first kappa shape index (κ1) is 40.6. The second-order valence-corrected chi connectivity index (χ2v) is 16.4. The van der Waals surface area contributed by atoms with Crippen molar-refractivity contribution in [2.45, 2.75) is 97.4 Å². The minimum absolute atomic E-state index is 0.162. The van der Waals surface area contributed by atoms with Crippen molar-refractivity contribution in [3.63, 3.8) is 0 Å². The molecule has 6 rings (SSSR count). The maximum atomic E-state index is 12.4. The Hall–Kier alpha value is -5.62. The second-order valence-electron chi connectivity index (χ2n) is 16.4. The number of rotatable bonds is 12. The van der Waals surface area contributed by atoms with Gasteiger partial charge in [0.15, 0.2) is 0 Å². The monoisotopic (exact) mass is 734 g/mol.